The Morgan fingerprint density at radius 2 is 0.871 bits per heavy atom. The van der Waals surface area contributed by atoms with Crippen LogP contribution in [0.5, 0.6) is 0 Å². The van der Waals surface area contributed by atoms with Gasteiger partial charge in [-0.05, 0) is 51.4 Å². The number of likely N-dealkylation sites (N-methyl/N-ethyl adjacent to an activating group) is 1. The van der Waals surface area contributed by atoms with E-state index in [4.69, 9.17) is 18.9 Å². The number of carbonyl (C=O) groups is 3. The standard InChI is InChI=1S/C53H97NO8/c1-6-8-10-12-14-16-18-20-22-24-25-26-27-28-30-32-34-36-38-40-42-44-51(56)62-49(48-61-53(52(57)58)59-46-45-54(3,4)5)47-60-50(55)43-41-39-37-35-33-31-29-23-21-19-17-15-13-11-9-7-2/h18,20,24-25,27-28,49,53H,6-17,19,21-23,26,29-48H2,1-5H3/b20-18-,25-24-,28-27-. The molecule has 0 fully saturated rings. The predicted octanol–water partition coefficient (Wildman–Crippen LogP) is 12.8. The molecule has 0 rings (SSSR count). The number of hydrogen-bond acceptors (Lipinski definition) is 8. The first-order valence-electron chi connectivity index (χ1n) is 25.6. The molecule has 0 saturated heterocycles. The van der Waals surface area contributed by atoms with Crippen LogP contribution in [-0.2, 0) is 33.3 Å². The van der Waals surface area contributed by atoms with Gasteiger partial charge in [0.1, 0.15) is 13.2 Å². The molecule has 362 valence electrons. The van der Waals surface area contributed by atoms with E-state index in [9.17, 15) is 19.5 Å². The molecule has 0 saturated carbocycles. The third-order valence-electron chi connectivity index (χ3n) is 11.1. The molecular formula is C53H97NO8. The maximum Gasteiger partial charge on any atom is 0.306 e. The first kappa shape index (κ1) is 59.5. The van der Waals surface area contributed by atoms with Crippen LogP contribution >= 0.6 is 0 Å². The minimum absolute atomic E-state index is 0.146. The van der Waals surface area contributed by atoms with Gasteiger partial charge in [0.25, 0.3) is 0 Å². The lowest BCUT2D eigenvalue weighted by Crippen LogP contribution is -2.44. The molecule has 0 aromatic carbocycles. The summed E-state index contributed by atoms with van der Waals surface area (Å²) in [6, 6.07) is 0. The minimum atomic E-state index is -1.62. The second-order valence-electron chi connectivity index (χ2n) is 18.5. The van der Waals surface area contributed by atoms with Crippen LogP contribution in [0.2, 0.25) is 0 Å². The Balaban J connectivity index is 4.37. The monoisotopic (exact) mass is 876 g/mol. The van der Waals surface area contributed by atoms with E-state index in [0.29, 0.717) is 23.9 Å². The normalized spacial score (nSPS) is 13.1. The van der Waals surface area contributed by atoms with Gasteiger partial charge in [-0.25, -0.2) is 0 Å². The molecule has 0 N–H and O–H groups in total. The van der Waals surface area contributed by atoms with Gasteiger partial charge in [-0.1, -0.05) is 198 Å². The van der Waals surface area contributed by atoms with Crippen molar-refractivity contribution in [2.45, 2.75) is 238 Å². The van der Waals surface area contributed by atoms with Crippen LogP contribution in [0.1, 0.15) is 226 Å². The molecule has 0 aliphatic carbocycles. The Bertz CT molecular complexity index is 1110. The lowest BCUT2D eigenvalue weighted by molar-refractivity contribution is -0.870. The quantitative estimate of drug-likeness (QED) is 0.0195. The molecule has 2 unspecified atom stereocenters. The van der Waals surface area contributed by atoms with E-state index in [1.807, 2.05) is 21.1 Å². The van der Waals surface area contributed by atoms with Crippen molar-refractivity contribution in [3.8, 4) is 0 Å². The number of aliphatic carboxylic acids is 1. The van der Waals surface area contributed by atoms with Crippen LogP contribution in [0.4, 0.5) is 0 Å². The van der Waals surface area contributed by atoms with Crippen LogP contribution in [0.15, 0.2) is 36.5 Å². The number of esters is 2. The predicted molar refractivity (Wildman–Crippen MR) is 256 cm³/mol. The van der Waals surface area contributed by atoms with Crippen LogP contribution in [0.25, 0.3) is 0 Å². The number of hydrogen-bond donors (Lipinski definition) is 0. The lowest BCUT2D eigenvalue weighted by atomic mass is 10.0. The molecule has 0 aromatic heterocycles. The fourth-order valence-corrected chi connectivity index (χ4v) is 7.13. The molecule has 9 heteroatoms. The summed E-state index contributed by atoms with van der Waals surface area (Å²) >= 11 is 0. The summed E-state index contributed by atoms with van der Waals surface area (Å²) < 4.78 is 22.6. The van der Waals surface area contributed by atoms with Crippen molar-refractivity contribution >= 4 is 17.9 Å². The molecule has 0 spiro atoms. The van der Waals surface area contributed by atoms with Crippen molar-refractivity contribution in [1.82, 2.24) is 0 Å². The van der Waals surface area contributed by atoms with Gasteiger partial charge in [-0.2, -0.15) is 0 Å². The van der Waals surface area contributed by atoms with E-state index in [1.54, 1.807) is 0 Å². The smallest absolute Gasteiger partial charge is 0.306 e. The highest BCUT2D eigenvalue weighted by atomic mass is 16.7. The first-order valence-corrected chi connectivity index (χ1v) is 25.6. The van der Waals surface area contributed by atoms with Gasteiger partial charge in [0.15, 0.2) is 12.4 Å². The van der Waals surface area contributed by atoms with E-state index >= 15 is 0 Å². The third kappa shape index (κ3) is 45.5. The zero-order chi connectivity index (χ0) is 45.6. The Hall–Kier alpha value is -2.49. The highest BCUT2D eigenvalue weighted by molar-refractivity contribution is 5.70. The van der Waals surface area contributed by atoms with Gasteiger partial charge in [-0.3, -0.25) is 9.59 Å². The van der Waals surface area contributed by atoms with Crippen LogP contribution in [-0.4, -0.2) is 82.3 Å². The number of carboxylic acids is 1. The number of carboxylic acid groups (broad SMARTS) is 1. The number of ether oxygens (including phenoxy) is 4. The summed E-state index contributed by atoms with van der Waals surface area (Å²) in [7, 11) is 5.91. The molecule has 0 aliphatic heterocycles. The Morgan fingerprint density at radius 1 is 0.484 bits per heavy atom. The van der Waals surface area contributed by atoms with Crippen molar-refractivity contribution in [3.63, 3.8) is 0 Å². The summed E-state index contributed by atoms with van der Waals surface area (Å²) in [4.78, 5) is 37.1. The van der Waals surface area contributed by atoms with Gasteiger partial charge in [-0.15, -0.1) is 0 Å². The molecule has 0 heterocycles. The fourth-order valence-electron chi connectivity index (χ4n) is 7.13. The fraction of sp³-hybridized carbons (Fsp3) is 0.830. The van der Waals surface area contributed by atoms with Gasteiger partial charge >= 0.3 is 11.9 Å². The minimum Gasteiger partial charge on any atom is -0.545 e. The van der Waals surface area contributed by atoms with Crippen LogP contribution < -0.4 is 5.11 Å². The van der Waals surface area contributed by atoms with Gasteiger partial charge in [0.05, 0.1) is 40.3 Å². The van der Waals surface area contributed by atoms with Crippen LogP contribution in [0, 0.1) is 0 Å². The average molecular weight is 876 g/mol. The average Bonchev–Trinajstić information content (AvgIpc) is 3.23. The summed E-state index contributed by atoms with van der Waals surface area (Å²) in [5.41, 5.74) is 0. The molecular weight excluding hydrogens is 779 g/mol. The van der Waals surface area contributed by atoms with E-state index < -0.39 is 24.3 Å². The van der Waals surface area contributed by atoms with Crippen molar-refractivity contribution in [1.29, 1.82) is 0 Å². The maximum absolute atomic E-state index is 12.8. The first-order chi connectivity index (χ1) is 30.1. The number of carbonyl (C=O) groups excluding carboxylic acids is 3. The molecule has 2 atom stereocenters. The third-order valence-corrected chi connectivity index (χ3v) is 11.1. The lowest BCUT2D eigenvalue weighted by Gasteiger charge is -2.26. The zero-order valence-electron chi connectivity index (χ0n) is 41.0. The summed E-state index contributed by atoms with van der Waals surface area (Å²) in [5.74, 6) is -2.29. The van der Waals surface area contributed by atoms with E-state index in [0.717, 1.165) is 70.6 Å². The molecule has 0 bridgehead atoms. The Morgan fingerprint density at radius 3 is 1.29 bits per heavy atom. The summed E-state index contributed by atoms with van der Waals surface area (Å²) in [6.07, 6.45) is 48.8. The zero-order valence-corrected chi connectivity index (χ0v) is 41.0. The molecule has 0 amide bonds. The second-order valence-corrected chi connectivity index (χ2v) is 18.5. The van der Waals surface area contributed by atoms with Gasteiger partial charge < -0.3 is 33.3 Å². The summed E-state index contributed by atoms with van der Waals surface area (Å²) in [5, 5.41) is 11.7. The molecule has 9 nitrogen and oxygen atoms in total. The van der Waals surface area contributed by atoms with Crippen molar-refractivity contribution in [3.05, 3.63) is 36.5 Å². The molecule has 0 aliphatic rings. The number of nitrogens with zero attached hydrogens (tertiary/aromatic N) is 1. The van der Waals surface area contributed by atoms with Crippen molar-refractivity contribution in [2.24, 2.45) is 0 Å². The SMILES string of the molecule is CCCCCCC/C=C\C/C=C\C/C=C\CCCCCCCCC(=O)OC(COC(=O)CCCCCCCCCCCCCCCCCC)COC(OCC[N+](C)(C)C)C(=O)[O-]. The molecule has 62 heavy (non-hydrogen) atoms. The number of rotatable bonds is 47. The number of allylic oxidation sites excluding steroid dienone is 6. The topological polar surface area (TPSA) is 111 Å². The van der Waals surface area contributed by atoms with Gasteiger partial charge in [0, 0.05) is 12.8 Å². The van der Waals surface area contributed by atoms with Crippen LogP contribution in [0.3, 0.4) is 0 Å². The Labute approximate surface area is 381 Å². The van der Waals surface area contributed by atoms with Gasteiger partial charge in [0.2, 0.25) is 0 Å². The van der Waals surface area contributed by atoms with Crippen molar-refractivity contribution < 1.29 is 42.9 Å². The van der Waals surface area contributed by atoms with E-state index in [-0.39, 0.29) is 32.2 Å². The highest BCUT2D eigenvalue weighted by Crippen LogP contribution is 2.15. The molecule has 0 aromatic rings. The van der Waals surface area contributed by atoms with E-state index in [1.165, 1.54) is 122 Å². The molecule has 0 radical (unpaired) electrons. The summed E-state index contributed by atoms with van der Waals surface area (Å²) in [6.45, 7) is 4.74. The Kier molecular flexibility index (Phi) is 43.3. The second kappa shape index (κ2) is 45.1. The maximum atomic E-state index is 12.8. The largest absolute Gasteiger partial charge is 0.545 e. The number of quaternary nitrogens is 1. The van der Waals surface area contributed by atoms with E-state index in [2.05, 4.69) is 50.3 Å². The highest BCUT2D eigenvalue weighted by Gasteiger charge is 2.22. The van der Waals surface area contributed by atoms with Crippen molar-refractivity contribution in [2.75, 3.05) is 47.5 Å². The number of unbranched alkanes of at least 4 members (excludes halogenated alkanes) is 26.